The molecule has 0 amide bonds. The molecule has 1 N–H and O–H groups in total. The van der Waals surface area contributed by atoms with Gasteiger partial charge in [0.2, 0.25) is 0 Å². The Bertz CT molecular complexity index is 1250. The van der Waals surface area contributed by atoms with Crippen LogP contribution in [0.4, 0.5) is 0 Å². The third-order valence-electron chi connectivity index (χ3n) is 4.89. The van der Waals surface area contributed by atoms with Gasteiger partial charge in [0.15, 0.2) is 0 Å². The summed E-state index contributed by atoms with van der Waals surface area (Å²) in [5.41, 5.74) is 5.84. The molecular weight excluding hydrogens is 575 g/mol. The highest BCUT2D eigenvalue weighted by molar-refractivity contribution is 9.11. The van der Waals surface area contributed by atoms with E-state index in [1.807, 2.05) is 36.4 Å². The summed E-state index contributed by atoms with van der Waals surface area (Å²) in [5, 5.41) is 7.89. The number of benzene rings is 4. The highest BCUT2D eigenvalue weighted by Crippen LogP contribution is 2.35. The van der Waals surface area contributed by atoms with Gasteiger partial charge in [0.05, 0.1) is 21.7 Å². The quantitative estimate of drug-likeness (QED) is 0.173. The number of nitrogens with one attached hydrogen (secondary N) is 1. The smallest absolute Gasteiger partial charge is 0.148 e. The zero-order valence-electron chi connectivity index (χ0n) is 16.8. The zero-order chi connectivity index (χ0) is 22.5. The average molecular weight is 593 g/mol. The second kappa shape index (κ2) is 10.7. The van der Waals surface area contributed by atoms with Gasteiger partial charge < -0.3 is 10.2 Å². The Labute approximate surface area is 213 Å². The van der Waals surface area contributed by atoms with Crippen molar-refractivity contribution in [3.63, 3.8) is 0 Å². The molecule has 0 atom stereocenters. The molecule has 162 valence electrons. The molecule has 0 radical (unpaired) electrons. The molecule has 0 saturated heterocycles. The van der Waals surface area contributed by atoms with Gasteiger partial charge in [-0.15, -0.1) is 0 Å². The molecular formula is C25H18Br2Cl2N2O. The van der Waals surface area contributed by atoms with E-state index in [2.05, 4.69) is 66.7 Å². The second-order valence-electron chi connectivity index (χ2n) is 7.03. The Morgan fingerprint density at radius 3 is 2.28 bits per heavy atom. The van der Waals surface area contributed by atoms with Gasteiger partial charge in [-0.2, -0.15) is 5.10 Å². The fraction of sp³-hybridized carbons (Fsp3) is 0.0800. The molecule has 0 aliphatic carbocycles. The first-order valence-corrected chi connectivity index (χ1v) is 12.1. The fourth-order valence-corrected chi connectivity index (χ4v) is 5.29. The number of halogens is 4. The van der Waals surface area contributed by atoms with Crippen molar-refractivity contribution in [3.05, 3.63) is 108 Å². The van der Waals surface area contributed by atoms with E-state index in [4.69, 9.17) is 27.9 Å². The minimum absolute atomic E-state index is 0.434. The third kappa shape index (κ3) is 5.46. The largest absolute Gasteiger partial charge is 0.487 e. The van der Waals surface area contributed by atoms with Gasteiger partial charge in [0.1, 0.15) is 12.4 Å². The molecule has 0 unspecified atom stereocenters. The van der Waals surface area contributed by atoms with Crippen LogP contribution in [0, 0.1) is 0 Å². The number of rotatable bonds is 7. The van der Waals surface area contributed by atoms with Crippen LogP contribution < -0.4 is 10.2 Å². The van der Waals surface area contributed by atoms with Crippen molar-refractivity contribution in [2.75, 3.05) is 0 Å². The van der Waals surface area contributed by atoms with Crippen LogP contribution in [0.15, 0.2) is 86.8 Å². The minimum atomic E-state index is 0.434. The summed E-state index contributed by atoms with van der Waals surface area (Å²) in [6.07, 6.45) is 1.73. The van der Waals surface area contributed by atoms with E-state index in [0.29, 0.717) is 23.2 Å². The lowest BCUT2D eigenvalue weighted by atomic mass is 10.1. The van der Waals surface area contributed by atoms with Crippen molar-refractivity contribution in [1.82, 2.24) is 5.43 Å². The van der Waals surface area contributed by atoms with Crippen LogP contribution in [-0.4, -0.2) is 6.21 Å². The topological polar surface area (TPSA) is 33.6 Å². The van der Waals surface area contributed by atoms with E-state index < -0.39 is 0 Å². The summed E-state index contributed by atoms with van der Waals surface area (Å²) in [5.74, 6) is 0.742. The van der Waals surface area contributed by atoms with E-state index in [9.17, 15) is 0 Å². The molecule has 4 aromatic rings. The van der Waals surface area contributed by atoms with Crippen LogP contribution >= 0.6 is 55.1 Å². The van der Waals surface area contributed by atoms with Crippen LogP contribution in [0.3, 0.4) is 0 Å². The first-order valence-electron chi connectivity index (χ1n) is 9.80. The van der Waals surface area contributed by atoms with E-state index >= 15 is 0 Å². The van der Waals surface area contributed by atoms with Crippen molar-refractivity contribution in [2.45, 2.75) is 13.2 Å². The number of ether oxygens (including phenoxy) is 1. The minimum Gasteiger partial charge on any atom is -0.487 e. The molecule has 7 heteroatoms. The highest BCUT2D eigenvalue weighted by Gasteiger charge is 2.10. The second-order valence-corrected chi connectivity index (χ2v) is 9.56. The van der Waals surface area contributed by atoms with Crippen LogP contribution in [0.25, 0.3) is 10.8 Å². The molecule has 0 fully saturated rings. The van der Waals surface area contributed by atoms with Gasteiger partial charge in [-0.25, -0.2) is 0 Å². The van der Waals surface area contributed by atoms with E-state index in [0.717, 1.165) is 31.4 Å². The monoisotopic (exact) mass is 590 g/mol. The first kappa shape index (κ1) is 23.1. The molecule has 0 spiro atoms. The van der Waals surface area contributed by atoms with Crippen LogP contribution in [-0.2, 0) is 13.2 Å². The molecule has 3 nitrogen and oxygen atoms in total. The summed E-state index contributed by atoms with van der Waals surface area (Å²) < 4.78 is 7.82. The predicted molar refractivity (Wildman–Crippen MR) is 141 cm³/mol. The Balaban J connectivity index is 1.43. The molecule has 0 aliphatic rings. The molecule has 0 aliphatic heterocycles. The van der Waals surface area contributed by atoms with E-state index in [1.54, 1.807) is 18.3 Å². The maximum absolute atomic E-state index is 6.19. The lowest BCUT2D eigenvalue weighted by Crippen LogP contribution is -2.06. The Kier molecular flexibility index (Phi) is 7.74. The molecule has 4 aromatic carbocycles. The number of hydrogen-bond acceptors (Lipinski definition) is 3. The highest BCUT2D eigenvalue weighted by atomic mass is 79.9. The number of nitrogens with zero attached hydrogens (tertiary/aromatic N) is 1. The van der Waals surface area contributed by atoms with Gasteiger partial charge in [-0.05, 0) is 78.0 Å². The molecule has 0 saturated carbocycles. The molecule has 0 heterocycles. The lowest BCUT2D eigenvalue weighted by Gasteiger charge is -2.13. The summed E-state index contributed by atoms with van der Waals surface area (Å²) in [6.45, 7) is 0.899. The third-order valence-corrected chi connectivity index (χ3v) is 6.78. The van der Waals surface area contributed by atoms with Crippen LogP contribution in [0.1, 0.15) is 16.7 Å². The number of hydrogen-bond donors (Lipinski definition) is 1. The maximum atomic E-state index is 6.19. The average Bonchev–Trinajstić information content (AvgIpc) is 2.78. The Morgan fingerprint density at radius 2 is 1.53 bits per heavy atom. The first-order chi connectivity index (χ1) is 15.5. The fourth-order valence-electron chi connectivity index (χ4n) is 3.31. The number of hydrazone groups is 1. The molecule has 0 bridgehead atoms. The summed E-state index contributed by atoms with van der Waals surface area (Å²) in [4.78, 5) is 0. The zero-order valence-corrected chi connectivity index (χ0v) is 21.5. The van der Waals surface area contributed by atoms with Crippen molar-refractivity contribution in [3.8, 4) is 5.75 Å². The standard InChI is InChI=1S/C25H18Br2Cl2N2O/c26-21-11-16(13-30-31-14-20-23(28)9-4-10-24(20)29)12-22(27)25(21)32-15-18-7-3-6-17-5-1-2-8-19(17)18/h1-13,31H,14-15H2/b30-13+. The van der Waals surface area contributed by atoms with E-state index in [1.165, 1.54) is 10.8 Å². The van der Waals surface area contributed by atoms with Gasteiger partial charge in [0.25, 0.3) is 0 Å². The van der Waals surface area contributed by atoms with Crippen molar-refractivity contribution in [2.24, 2.45) is 5.10 Å². The summed E-state index contributed by atoms with van der Waals surface area (Å²) >= 11 is 19.6. The maximum Gasteiger partial charge on any atom is 0.148 e. The van der Waals surface area contributed by atoms with Gasteiger partial charge >= 0.3 is 0 Å². The Hall–Kier alpha value is -2.05. The molecule has 32 heavy (non-hydrogen) atoms. The van der Waals surface area contributed by atoms with E-state index in [-0.39, 0.29) is 0 Å². The predicted octanol–water partition coefficient (Wildman–Crippen LogP) is 8.37. The van der Waals surface area contributed by atoms with Gasteiger partial charge in [-0.3, -0.25) is 0 Å². The Morgan fingerprint density at radius 1 is 0.875 bits per heavy atom. The molecule has 0 aromatic heterocycles. The number of fused-ring (bicyclic) bond motifs is 1. The van der Waals surface area contributed by atoms with Crippen molar-refractivity contribution >= 4 is 72.0 Å². The van der Waals surface area contributed by atoms with Crippen LogP contribution in [0.2, 0.25) is 10.0 Å². The SMILES string of the molecule is Clc1cccc(Cl)c1CN/N=C/c1cc(Br)c(OCc2cccc3ccccc23)c(Br)c1. The van der Waals surface area contributed by atoms with Gasteiger partial charge in [-0.1, -0.05) is 71.7 Å². The van der Waals surface area contributed by atoms with Crippen LogP contribution in [0.5, 0.6) is 5.75 Å². The molecule has 4 rings (SSSR count). The van der Waals surface area contributed by atoms with Crippen molar-refractivity contribution < 1.29 is 4.74 Å². The summed E-state index contributed by atoms with van der Waals surface area (Å²) in [7, 11) is 0. The van der Waals surface area contributed by atoms with Crippen molar-refractivity contribution in [1.29, 1.82) is 0 Å². The summed E-state index contributed by atoms with van der Waals surface area (Å²) in [6, 6.07) is 23.9. The lowest BCUT2D eigenvalue weighted by molar-refractivity contribution is 0.303. The normalized spacial score (nSPS) is 11.2. The van der Waals surface area contributed by atoms with Gasteiger partial charge in [0, 0.05) is 15.6 Å².